The van der Waals surface area contributed by atoms with E-state index < -0.39 is 0 Å². The second-order valence-electron chi connectivity index (χ2n) is 21.9. The number of ether oxygens (including phenoxy) is 1. The van der Waals surface area contributed by atoms with Crippen LogP contribution in [0.25, 0.3) is 38.8 Å². The quantitative estimate of drug-likeness (QED) is 0.137. The van der Waals surface area contributed by atoms with Crippen LogP contribution in [0.2, 0.25) is 0 Å². The first kappa shape index (κ1) is 45.0. The van der Waals surface area contributed by atoms with E-state index in [4.69, 9.17) is 9.72 Å². The minimum Gasteiger partial charge on any atom is -0.457 e. The van der Waals surface area contributed by atoms with Crippen molar-refractivity contribution < 1.29 is 4.74 Å². The predicted molar refractivity (Wildman–Crippen MR) is 303 cm³/mol. The molecule has 8 aromatic carbocycles. The zero-order valence-electron chi connectivity index (χ0n) is 42.3. The van der Waals surface area contributed by atoms with Crippen molar-refractivity contribution in [3.05, 3.63) is 240 Å². The summed E-state index contributed by atoms with van der Waals surface area (Å²) in [6.45, 7) is 7.42. The van der Waals surface area contributed by atoms with E-state index in [1.54, 1.807) is 0 Å². The fraction of sp³-hybridized carbons (Fsp3) is 0.221. The third-order valence-corrected chi connectivity index (χ3v) is 16.7. The first-order valence-electron chi connectivity index (χ1n) is 26.6. The number of anilines is 4. The van der Waals surface area contributed by atoms with Crippen LogP contribution in [0, 0.1) is 0 Å². The van der Waals surface area contributed by atoms with Crippen LogP contribution in [0.4, 0.5) is 22.7 Å². The van der Waals surface area contributed by atoms with Gasteiger partial charge in [-0.3, -0.25) is 4.57 Å². The molecule has 1 aliphatic heterocycles. The molecule has 5 nitrogen and oxygen atoms in total. The molecule has 0 spiro atoms. The molecule has 360 valence electrons. The molecule has 2 aliphatic carbocycles. The predicted octanol–water partition coefficient (Wildman–Crippen LogP) is 17.9. The molecule has 0 bridgehead atoms. The highest BCUT2D eigenvalue weighted by atomic mass is 16.5. The van der Waals surface area contributed by atoms with E-state index in [-0.39, 0.29) is 16.2 Å². The van der Waals surface area contributed by atoms with Gasteiger partial charge in [-0.05, 0) is 137 Å². The third-order valence-electron chi connectivity index (χ3n) is 16.7. The second-order valence-corrected chi connectivity index (χ2v) is 21.9. The zero-order chi connectivity index (χ0) is 49.2. The molecule has 0 unspecified atom stereocenters. The summed E-state index contributed by atoms with van der Waals surface area (Å²) in [5, 5.41) is 2.36. The Hall–Kier alpha value is -7.89. The molecule has 2 fully saturated rings. The normalized spacial score (nSPS) is 16.1. The molecule has 0 N–H and O–H groups in total. The maximum Gasteiger partial charge on any atom is 0.137 e. The number of fused-ring (bicyclic) bond motifs is 4. The van der Waals surface area contributed by atoms with Crippen molar-refractivity contribution in [2.75, 3.05) is 16.5 Å². The lowest BCUT2D eigenvalue weighted by molar-refractivity contribution is 0.483. The highest BCUT2D eigenvalue weighted by Crippen LogP contribution is 2.59. The van der Waals surface area contributed by atoms with Gasteiger partial charge in [-0.1, -0.05) is 174 Å². The van der Waals surface area contributed by atoms with Gasteiger partial charge < -0.3 is 14.5 Å². The smallest absolute Gasteiger partial charge is 0.137 e. The number of hydrogen-bond donors (Lipinski definition) is 0. The summed E-state index contributed by atoms with van der Waals surface area (Å²) in [6, 6.07) is 76.6. The molecule has 3 aliphatic rings. The van der Waals surface area contributed by atoms with E-state index in [1.807, 2.05) is 6.20 Å². The van der Waals surface area contributed by atoms with Gasteiger partial charge in [0.15, 0.2) is 0 Å². The summed E-state index contributed by atoms with van der Waals surface area (Å²) in [5.41, 5.74) is 16.3. The van der Waals surface area contributed by atoms with Crippen molar-refractivity contribution in [2.24, 2.45) is 0 Å². The Morgan fingerprint density at radius 1 is 0.466 bits per heavy atom. The van der Waals surface area contributed by atoms with E-state index in [1.165, 1.54) is 92.5 Å². The number of para-hydroxylation sites is 3. The average Bonchev–Trinajstić information content (AvgIpc) is 4.28. The van der Waals surface area contributed by atoms with E-state index in [9.17, 15) is 0 Å². The van der Waals surface area contributed by atoms with Crippen LogP contribution in [-0.4, -0.2) is 16.2 Å². The van der Waals surface area contributed by atoms with Crippen LogP contribution in [0.15, 0.2) is 212 Å². The largest absolute Gasteiger partial charge is 0.457 e. The van der Waals surface area contributed by atoms with Gasteiger partial charge in [-0.2, -0.15) is 0 Å². The van der Waals surface area contributed by atoms with Crippen LogP contribution < -0.4 is 14.5 Å². The fourth-order valence-corrected chi connectivity index (χ4v) is 13.1. The van der Waals surface area contributed by atoms with E-state index >= 15 is 0 Å². The highest BCUT2D eigenvalue weighted by molar-refractivity contribution is 6.09. The summed E-state index contributed by atoms with van der Waals surface area (Å²) in [5.74, 6) is 2.48. The molecule has 3 heterocycles. The van der Waals surface area contributed by atoms with E-state index in [0.29, 0.717) is 6.67 Å². The Bertz CT molecular complexity index is 3550. The van der Waals surface area contributed by atoms with Crippen molar-refractivity contribution in [1.82, 2.24) is 9.55 Å². The molecule has 2 saturated carbocycles. The summed E-state index contributed by atoms with van der Waals surface area (Å²) in [4.78, 5) is 10.1. The molecule has 2 aromatic heterocycles. The van der Waals surface area contributed by atoms with Crippen LogP contribution in [0.5, 0.6) is 11.5 Å². The minimum absolute atomic E-state index is 0.0131. The zero-order valence-corrected chi connectivity index (χ0v) is 42.3. The molecular formula is C68H62N4O. The van der Waals surface area contributed by atoms with Crippen molar-refractivity contribution in [3.8, 4) is 28.4 Å². The van der Waals surface area contributed by atoms with Crippen LogP contribution in [-0.2, 0) is 16.2 Å². The number of pyridine rings is 1. The van der Waals surface area contributed by atoms with Gasteiger partial charge in [-0.25, -0.2) is 4.98 Å². The van der Waals surface area contributed by atoms with E-state index in [2.05, 4.69) is 241 Å². The minimum atomic E-state index is -0.152. The first-order chi connectivity index (χ1) is 35.8. The third kappa shape index (κ3) is 7.71. The van der Waals surface area contributed by atoms with Gasteiger partial charge in [0.1, 0.15) is 24.0 Å². The van der Waals surface area contributed by atoms with Crippen molar-refractivity contribution in [2.45, 2.75) is 88.4 Å². The Morgan fingerprint density at radius 3 is 1.67 bits per heavy atom. The monoisotopic (exact) mass is 950 g/mol. The summed E-state index contributed by atoms with van der Waals surface area (Å²) >= 11 is 0. The van der Waals surface area contributed by atoms with Gasteiger partial charge in [0.2, 0.25) is 0 Å². The second kappa shape index (κ2) is 18.0. The lowest BCUT2D eigenvalue weighted by Crippen LogP contribution is -2.34. The van der Waals surface area contributed by atoms with Gasteiger partial charge in [0.05, 0.1) is 28.1 Å². The number of benzene rings is 8. The average molecular weight is 951 g/mol. The molecule has 73 heavy (non-hydrogen) atoms. The van der Waals surface area contributed by atoms with Crippen molar-refractivity contribution >= 4 is 44.6 Å². The number of nitrogens with zero attached hydrogens (tertiary/aromatic N) is 4. The standard InChI is InChI=1S/C68H62N4O/c1-66(2,3)52-36-41-69-64(44-52)72-60-31-14-13-30-56(60)57-35-34-55(46-63(57)72)73-54-29-21-28-53(45-54)70-47-71(62-33-16-15-32-61(62)70)65-58(67(37-17-18-38-67)50-24-9-5-10-25-50)42-49(48-22-7-4-8-23-48)43-59(65)68(39-19-20-40-68)51-26-11-6-12-27-51/h4-16,21-36,41-46H,17-20,37-40,47H2,1-3H3. The summed E-state index contributed by atoms with van der Waals surface area (Å²) < 4.78 is 9.22. The van der Waals surface area contributed by atoms with Crippen molar-refractivity contribution in [3.63, 3.8) is 0 Å². The Balaban J connectivity index is 0.952. The van der Waals surface area contributed by atoms with Gasteiger partial charge in [0.25, 0.3) is 0 Å². The van der Waals surface area contributed by atoms with Gasteiger partial charge in [0, 0.05) is 45.6 Å². The first-order valence-corrected chi connectivity index (χ1v) is 26.6. The van der Waals surface area contributed by atoms with Gasteiger partial charge >= 0.3 is 0 Å². The lowest BCUT2D eigenvalue weighted by Gasteiger charge is -2.41. The molecular weight excluding hydrogens is 889 g/mol. The number of hydrogen-bond acceptors (Lipinski definition) is 4. The molecule has 0 atom stereocenters. The van der Waals surface area contributed by atoms with Crippen molar-refractivity contribution in [1.29, 1.82) is 0 Å². The SMILES string of the molecule is CC(C)(C)c1ccnc(-n2c3ccccc3c3ccc(Oc4cccc(N5CN(c6c(C7(c8ccccc8)CCCC7)cc(-c7ccccc7)cc6C6(c7ccccc7)CCCC6)c6ccccc65)c4)cc32)c1. The van der Waals surface area contributed by atoms with Crippen LogP contribution in [0.3, 0.4) is 0 Å². The molecule has 0 amide bonds. The Kier molecular flexibility index (Phi) is 11.1. The number of rotatable bonds is 10. The molecule has 5 heteroatoms. The van der Waals surface area contributed by atoms with Gasteiger partial charge in [-0.15, -0.1) is 0 Å². The van der Waals surface area contributed by atoms with E-state index in [0.717, 1.165) is 59.7 Å². The molecule has 0 radical (unpaired) electrons. The Labute approximate surface area is 430 Å². The molecule has 13 rings (SSSR count). The van der Waals surface area contributed by atoms with Crippen LogP contribution >= 0.6 is 0 Å². The summed E-state index contributed by atoms with van der Waals surface area (Å²) in [6.07, 6.45) is 11.2. The Morgan fingerprint density at radius 2 is 1.03 bits per heavy atom. The number of aromatic nitrogens is 2. The summed E-state index contributed by atoms with van der Waals surface area (Å²) in [7, 11) is 0. The maximum atomic E-state index is 6.93. The lowest BCUT2D eigenvalue weighted by atomic mass is 9.66. The maximum absolute atomic E-state index is 6.93. The highest BCUT2D eigenvalue weighted by Gasteiger charge is 2.47. The fourth-order valence-electron chi connectivity index (χ4n) is 13.1. The van der Waals surface area contributed by atoms with Crippen LogP contribution in [0.1, 0.15) is 100.0 Å². The molecule has 0 saturated heterocycles. The molecule has 10 aromatic rings. The topological polar surface area (TPSA) is 33.5 Å².